The number of hydrogen-bond acceptors (Lipinski definition) is 3. The topological polar surface area (TPSA) is 69.6 Å². The van der Waals surface area contributed by atoms with Gasteiger partial charge < -0.3 is 15.5 Å². The molecule has 3 aromatic rings. The molecule has 7 heteroatoms. The lowest BCUT2D eigenvalue weighted by Gasteiger charge is -2.13. The largest absolute Gasteiger partial charge is 0.356 e. The van der Waals surface area contributed by atoms with E-state index in [1.807, 2.05) is 36.5 Å². The number of pyridine rings is 1. The van der Waals surface area contributed by atoms with Gasteiger partial charge >= 0.3 is 0 Å². The van der Waals surface area contributed by atoms with Crippen molar-refractivity contribution in [2.24, 2.45) is 4.99 Å². The maximum absolute atomic E-state index is 12.0. The first-order chi connectivity index (χ1) is 14.1. The number of amides is 1. The highest BCUT2D eigenvalue weighted by atomic mass is 127. The molecule has 0 bridgehead atoms. The summed E-state index contributed by atoms with van der Waals surface area (Å²) in [7, 11) is 5.26. The lowest BCUT2D eigenvalue weighted by molar-refractivity contribution is 0.0827. The molecule has 1 aromatic heterocycles. The molecular formula is C23H28IN5O. The molecule has 0 aliphatic carbocycles. The van der Waals surface area contributed by atoms with Gasteiger partial charge in [-0.15, -0.1) is 24.0 Å². The molecule has 0 radical (unpaired) electrons. The number of aliphatic imine (C=N–C) groups is 1. The van der Waals surface area contributed by atoms with Crippen molar-refractivity contribution in [3.63, 3.8) is 0 Å². The first kappa shape index (κ1) is 23.6. The first-order valence-electron chi connectivity index (χ1n) is 9.66. The lowest BCUT2D eigenvalue weighted by Crippen LogP contribution is -2.37. The number of benzene rings is 2. The molecule has 0 aliphatic rings. The number of halogens is 1. The third-order valence-corrected chi connectivity index (χ3v) is 4.69. The molecule has 0 spiro atoms. The SMILES string of the molecule is CN=C(NCCc1cccc2cccnc12)NCc1ccc(C(=O)N(C)C)cc1.I. The summed E-state index contributed by atoms with van der Waals surface area (Å²) in [6.45, 7) is 1.39. The Bertz CT molecular complexity index is 997. The molecule has 158 valence electrons. The van der Waals surface area contributed by atoms with E-state index in [0.717, 1.165) is 35.4 Å². The van der Waals surface area contributed by atoms with E-state index >= 15 is 0 Å². The molecule has 1 heterocycles. The number of carbonyl (C=O) groups excluding carboxylic acids is 1. The minimum absolute atomic E-state index is 0. The number of para-hydroxylation sites is 1. The summed E-state index contributed by atoms with van der Waals surface area (Å²) in [4.78, 5) is 22.3. The number of fused-ring (bicyclic) bond motifs is 1. The number of nitrogens with one attached hydrogen (secondary N) is 2. The summed E-state index contributed by atoms with van der Waals surface area (Å²) in [5.74, 6) is 0.747. The third kappa shape index (κ3) is 6.16. The van der Waals surface area contributed by atoms with Crippen LogP contribution in [0.15, 0.2) is 65.8 Å². The fourth-order valence-electron chi connectivity index (χ4n) is 3.11. The molecule has 30 heavy (non-hydrogen) atoms. The summed E-state index contributed by atoms with van der Waals surface area (Å²) < 4.78 is 0. The van der Waals surface area contributed by atoms with Gasteiger partial charge in [-0.1, -0.05) is 36.4 Å². The molecule has 0 fully saturated rings. The molecule has 1 amide bonds. The van der Waals surface area contributed by atoms with E-state index in [1.165, 1.54) is 5.56 Å². The zero-order valence-corrected chi connectivity index (χ0v) is 19.9. The van der Waals surface area contributed by atoms with E-state index in [-0.39, 0.29) is 29.9 Å². The predicted octanol–water partition coefficient (Wildman–Crippen LogP) is 3.46. The van der Waals surface area contributed by atoms with E-state index in [0.29, 0.717) is 12.1 Å². The van der Waals surface area contributed by atoms with Crippen molar-refractivity contribution < 1.29 is 4.79 Å². The fourth-order valence-corrected chi connectivity index (χ4v) is 3.11. The van der Waals surface area contributed by atoms with E-state index in [4.69, 9.17) is 0 Å². The number of nitrogens with zero attached hydrogens (tertiary/aromatic N) is 3. The third-order valence-electron chi connectivity index (χ3n) is 4.69. The highest BCUT2D eigenvalue weighted by Crippen LogP contribution is 2.16. The van der Waals surface area contributed by atoms with Gasteiger partial charge in [0.25, 0.3) is 5.91 Å². The Morgan fingerprint density at radius 1 is 1.03 bits per heavy atom. The summed E-state index contributed by atoms with van der Waals surface area (Å²) in [6, 6.07) is 17.9. The number of hydrogen-bond donors (Lipinski definition) is 2. The number of guanidine groups is 1. The van der Waals surface area contributed by atoms with Crippen molar-refractivity contribution in [2.45, 2.75) is 13.0 Å². The minimum atomic E-state index is 0. The van der Waals surface area contributed by atoms with Crippen LogP contribution in [0.3, 0.4) is 0 Å². The average Bonchev–Trinajstić information content (AvgIpc) is 2.76. The molecule has 2 aromatic carbocycles. The van der Waals surface area contributed by atoms with Gasteiger partial charge in [0.05, 0.1) is 5.52 Å². The molecule has 6 nitrogen and oxygen atoms in total. The van der Waals surface area contributed by atoms with Gasteiger partial charge in [0.1, 0.15) is 0 Å². The van der Waals surface area contributed by atoms with Crippen molar-refractivity contribution in [1.82, 2.24) is 20.5 Å². The van der Waals surface area contributed by atoms with E-state index < -0.39 is 0 Å². The van der Waals surface area contributed by atoms with Crippen LogP contribution in [0.2, 0.25) is 0 Å². The zero-order valence-electron chi connectivity index (χ0n) is 17.6. The number of rotatable bonds is 6. The molecular weight excluding hydrogens is 489 g/mol. The standard InChI is InChI=1S/C23H27N5O.HI/c1-24-23(27-16-17-9-11-20(12-10-17)22(29)28(2)3)26-15-13-19-7-4-6-18-8-5-14-25-21(18)19;/h4-12,14H,13,15-16H2,1-3H3,(H2,24,26,27);1H. The summed E-state index contributed by atoms with van der Waals surface area (Å²) in [5.41, 5.74) is 4.03. The monoisotopic (exact) mass is 517 g/mol. The molecule has 0 saturated heterocycles. The average molecular weight is 517 g/mol. The zero-order chi connectivity index (χ0) is 20.6. The Kier molecular flexibility index (Phi) is 9.04. The van der Waals surface area contributed by atoms with E-state index in [2.05, 4.69) is 44.9 Å². The van der Waals surface area contributed by atoms with Gasteiger partial charge in [-0.25, -0.2) is 0 Å². The van der Waals surface area contributed by atoms with Crippen LogP contribution in [0.1, 0.15) is 21.5 Å². The second-order valence-electron chi connectivity index (χ2n) is 6.99. The van der Waals surface area contributed by atoms with Gasteiger partial charge in [-0.3, -0.25) is 14.8 Å². The Morgan fingerprint density at radius 3 is 2.47 bits per heavy atom. The maximum Gasteiger partial charge on any atom is 0.253 e. The molecule has 0 saturated carbocycles. The van der Waals surface area contributed by atoms with Crippen LogP contribution in [-0.4, -0.2) is 49.4 Å². The Hall–Kier alpha value is -2.68. The summed E-state index contributed by atoms with van der Waals surface area (Å²) >= 11 is 0. The van der Waals surface area contributed by atoms with Crippen LogP contribution < -0.4 is 10.6 Å². The smallest absolute Gasteiger partial charge is 0.253 e. The fraction of sp³-hybridized carbons (Fsp3) is 0.261. The van der Waals surface area contributed by atoms with Crippen LogP contribution in [0.25, 0.3) is 10.9 Å². The van der Waals surface area contributed by atoms with E-state index in [1.54, 1.807) is 26.0 Å². The molecule has 3 rings (SSSR count). The summed E-state index contributed by atoms with van der Waals surface area (Å²) in [5, 5.41) is 7.81. The molecule has 0 unspecified atom stereocenters. The Morgan fingerprint density at radius 2 is 1.77 bits per heavy atom. The lowest BCUT2D eigenvalue weighted by atomic mass is 10.1. The Labute approximate surface area is 194 Å². The maximum atomic E-state index is 12.0. The highest BCUT2D eigenvalue weighted by molar-refractivity contribution is 14.0. The first-order valence-corrected chi connectivity index (χ1v) is 9.66. The second kappa shape index (κ2) is 11.5. The van der Waals surface area contributed by atoms with Gasteiger partial charge in [0.2, 0.25) is 0 Å². The van der Waals surface area contributed by atoms with Crippen LogP contribution in [0.5, 0.6) is 0 Å². The van der Waals surface area contributed by atoms with Crippen molar-refractivity contribution in [3.05, 3.63) is 77.5 Å². The highest BCUT2D eigenvalue weighted by Gasteiger charge is 2.07. The van der Waals surface area contributed by atoms with Crippen molar-refractivity contribution in [2.75, 3.05) is 27.7 Å². The molecule has 0 atom stereocenters. The van der Waals surface area contributed by atoms with Crippen LogP contribution >= 0.6 is 24.0 Å². The van der Waals surface area contributed by atoms with Crippen LogP contribution in [-0.2, 0) is 13.0 Å². The number of aromatic nitrogens is 1. The minimum Gasteiger partial charge on any atom is -0.356 e. The van der Waals surface area contributed by atoms with Crippen molar-refractivity contribution in [3.8, 4) is 0 Å². The van der Waals surface area contributed by atoms with Crippen LogP contribution in [0, 0.1) is 0 Å². The molecule has 2 N–H and O–H groups in total. The molecule has 0 aliphatic heterocycles. The predicted molar refractivity (Wildman–Crippen MR) is 134 cm³/mol. The van der Waals surface area contributed by atoms with Gasteiger partial charge in [-0.05, 0) is 35.7 Å². The van der Waals surface area contributed by atoms with Gasteiger partial charge in [0.15, 0.2) is 5.96 Å². The second-order valence-corrected chi connectivity index (χ2v) is 6.99. The van der Waals surface area contributed by atoms with E-state index in [9.17, 15) is 4.79 Å². The Balaban J connectivity index is 0.00000320. The van der Waals surface area contributed by atoms with Crippen molar-refractivity contribution >= 4 is 46.7 Å². The quantitative estimate of drug-likeness (QED) is 0.299. The van der Waals surface area contributed by atoms with Crippen LogP contribution in [0.4, 0.5) is 0 Å². The number of carbonyl (C=O) groups is 1. The van der Waals surface area contributed by atoms with Crippen molar-refractivity contribution in [1.29, 1.82) is 0 Å². The van der Waals surface area contributed by atoms with Gasteiger partial charge in [-0.2, -0.15) is 0 Å². The summed E-state index contributed by atoms with van der Waals surface area (Å²) in [6.07, 6.45) is 2.69. The van der Waals surface area contributed by atoms with Gasteiger partial charge in [0, 0.05) is 51.4 Å². The normalized spacial score (nSPS) is 11.0.